The van der Waals surface area contributed by atoms with Gasteiger partial charge in [0.15, 0.2) is 0 Å². The fourth-order valence-corrected chi connectivity index (χ4v) is 2.22. The van der Waals surface area contributed by atoms with Crippen molar-refractivity contribution in [3.63, 3.8) is 0 Å². The second-order valence-corrected chi connectivity index (χ2v) is 5.12. The Hall–Kier alpha value is -1.51. The number of ether oxygens (including phenoxy) is 2. The highest BCUT2D eigenvalue weighted by Gasteiger charge is 2.33. The third-order valence-electron chi connectivity index (χ3n) is 3.30. The highest BCUT2D eigenvalue weighted by atomic mass is 35.5. The molecule has 0 bridgehead atoms. The van der Waals surface area contributed by atoms with Crippen molar-refractivity contribution in [1.82, 2.24) is 10.6 Å². The average Bonchev–Trinajstić information content (AvgIpc) is 2.52. The first-order valence-corrected chi connectivity index (χ1v) is 7.33. The summed E-state index contributed by atoms with van der Waals surface area (Å²) in [4.78, 5) is 11.7. The maximum Gasteiger partial charge on any atom is 0.419 e. The van der Waals surface area contributed by atoms with E-state index in [1.807, 2.05) is 0 Å². The Morgan fingerprint density at radius 1 is 1.38 bits per heavy atom. The summed E-state index contributed by atoms with van der Waals surface area (Å²) in [7, 11) is 0. The molecule has 1 amide bonds. The molecule has 24 heavy (non-hydrogen) atoms. The number of morpholine rings is 1. The van der Waals surface area contributed by atoms with E-state index in [4.69, 9.17) is 9.47 Å². The van der Waals surface area contributed by atoms with Crippen LogP contribution < -0.4 is 15.4 Å². The number of para-hydroxylation sites is 1. The number of amides is 1. The van der Waals surface area contributed by atoms with Crippen molar-refractivity contribution in [3.05, 3.63) is 29.8 Å². The monoisotopic (exact) mass is 368 g/mol. The summed E-state index contributed by atoms with van der Waals surface area (Å²) < 4.78 is 48.7. The van der Waals surface area contributed by atoms with Crippen LogP contribution in [0.15, 0.2) is 24.3 Å². The van der Waals surface area contributed by atoms with Crippen molar-refractivity contribution >= 4 is 18.3 Å². The normalized spacial score (nSPS) is 17.7. The van der Waals surface area contributed by atoms with E-state index in [1.165, 1.54) is 18.2 Å². The molecule has 0 aliphatic carbocycles. The highest BCUT2D eigenvalue weighted by Crippen LogP contribution is 2.35. The van der Waals surface area contributed by atoms with Gasteiger partial charge in [0.05, 0.1) is 25.3 Å². The second-order valence-electron chi connectivity index (χ2n) is 5.12. The van der Waals surface area contributed by atoms with E-state index in [9.17, 15) is 18.0 Å². The van der Waals surface area contributed by atoms with Crippen molar-refractivity contribution in [3.8, 4) is 5.75 Å². The van der Waals surface area contributed by atoms with E-state index in [-0.39, 0.29) is 49.7 Å². The Morgan fingerprint density at radius 2 is 2.12 bits per heavy atom. The Balaban J connectivity index is 0.00000288. The minimum Gasteiger partial charge on any atom is -0.491 e. The SMILES string of the molecule is Cl.O=C(CC1COCCN1)NCCOc1ccccc1C(F)(F)F. The number of alkyl halides is 3. The van der Waals surface area contributed by atoms with E-state index >= 15 is 0 Å². The summed E-state index contributed by atoms with van der Waals surface area (Å²) in [6, 6.07) is 4.96. The molecule has 2 N–H and O–H groups in total. The van der Waals surface area contributed by atoms with Gasteiger partial charge < -0.3 is 20.1 Å². The number of rotatable bonds is 6. The maximum atomic E-state index is 12.8. The average molecular weight is 369 g/mol. The minimum atomic E-state index is -4.47. The van der Waals surface area contributed by atoms with E-state index in [0.717, 1.165) is 6.07 Å². The van der Waals surface area contributed by atoms with E-state index < -0.39 is 11.7 Å². The lowest BCUT2D eigenvalue weighted by molar-refractivity contribution is -0.139. The molecule has 1 aliphatic heterocycles. The van der Waals surface area contributed by atoms with E-state index in [0.29, 0.717) is 19.8 Å². The fraction of sp³-hybridized carbons (Fsp3) is 0.533. The quantitative estimate of drug-likeness (QED) is 0.754. The molecule has 0 aromatic heterocycles. The molecule has 1 fully saturated rings. The third-order valence-corrected chi connectivity index (χ3v) is 3.30. The van der Waals surface area contributed by atoms with Gasteiger partial charge in [0.2, 0.25) is 5.91 Å². The molecule has 136 valence electrons. The fourth-order valence-electron chi connectivity index (χ4n) is 2.22. The molecule has 1 aromatic rings. The molecule has 1 atom stereocenters. The zero-order chi connectivity index (χ0) is 16.7. The molecule has 1 aliphatic rings. The molecular weight excluding hydrogens is 349 g/mol. The zero-order valence-corrected chi connectivity index (χ0v) is 13.7. The summed E-state index contributed by atoms with van der Waals surface area (Å²) in [5, 5.41) is 5.77. The van der Waals surface area contributed by atoms with Gasteiger partial charge in [-0.3, -0.25) is 4.79 Å². The first-order valence-electron chi connectivity index (χ1n) is 7.33. The number of nitrogens with one attached hydrogen (secondary N) is 2. The van der Waals surface area contributed by atoms with Crippen LogP contribution in [0.1, 0.15) is 12.0 Å². The predicted molar refractivity (Wildman–Crippen MR) is 84.4 cm³/mol. The first-order chi connectivity index (χ1) is 11.0. The van der Waals surface area contributed by atoms with Crippen LogP contribution in [-0.4, -0.2) is 44.9 Å². The van der Waals surface area contributed by atoms with Crippen LogP contribution in [0.5, 0.6) is 5.75 Å². The van der Waals surface area contributed by atoms with Crippen molar-refractivity contribution in [2.75, 3.05) is 32.9 Å². The largest absolute Gasteiger partial charge is 0.491 e. The maximum absolute atomic E-state index is 12.8. The van der Waals surface area contributed by atoms with Gasteiger partial charge in [0.25, 0.3) is 0 Å². The highest BCUT2D eigenvalue weighted by molar-refractivity contribution is 5.85. The lowest BCUT2D eigenvalue weighted by atomic mass is 10.2. The van der Waals surface area contributed by atoms with Crippen molar-refractivity contribution in [2.45, 2.75) is 18.6 Å². The number of benzene rings is 1. The number of hydrogen-bond donors (Lipinski definition) is 2. The number of carbonyl (C=O) groups is 1. The molecule has 0 spiro atoms. The molecule has 0 radical (unpaired) electrons. The van der Waals surface area contributed by atoms with Gasteiger partial charge in [-0.2, -0.15) is 13.2 Å². The Labute approximate surface area is 144 Å². The molecule has 1 unspecified atom stereocenters. The van der Waals surface area contributed by atoms with Crippen LogP contribution in [-0.2, 0) is 15.7 Å². The van der Waals surface area contributed by atoms with Crippen molar-refractivity contribution in [1.29, 1.82) is 0 Å². The summed E-state index contributed by atoms with van der Waals surface area (Å²) in [5.74, 6) is -0.433. The Kier molecular flexibility index (Phi) is 8.30. The summed E-state index contributed by atoms with van der Waals surface area (Å²) in [5.41, 5.74) is -0.824. The number of hydrogen-bond acceptors (Lipinski definition) is 4. The summed E-state index contributed by atoms with van der Waals surface area (Å²) >= 11 is 0. The number of halogens is 4. The van der Waals surface area contributed by atoms with Crippen molar-refractivity contribution < 1.29 is 27.4 Å². The molecule has 1 heterocycles. The molecule has 5 nitrogen and oxygen atoms in total. The molecule has 1 aromatic carbocycles. The van der Waals surface area contributed by atoms with Crippen LogP contribution in [0.3, 0.4) is 0 Å². The second kappa shape index (κ2) is 9.71. The Morgan fingerprint density at radius 3 is 2.79 bits per heavy atom. The van der Waals surface area contributed by atoms with Crippen molar-refractivity contribution in [2.24, 2.45) is 0 Å². The lowest BCUT2D eigenvalue weighted by Gasteiger charge is -2.23. The molecule has 0 saturated carbocycles. The van der Waals surface area contributed by atoms with Gasteiger partial charge >= 0.3 is 6.18 Å². The van der Waals surface area contributed by atoms with E-state index in [2.05, 4.69) is 10.6 Å². The number of carbonyl (C=O) groups excluding carboxylic acids is 1. The van der Waals surface area contributed by atoms with Gasteiger partial charge in [-0.15, -0.1) is 12.4 Å². The molecule has 1 saturated heterocycles. The van der Waals surface area contributed by atoms with Gasteiger partial charge in [-0.25, -0.2) is 0 Å². The zero-order valence-electron chi connectivity index (χ0n) is 12.9. The third kappa shape index (κ3) is 6.54. The van der Waals surface area contributed by atoms with Crippen LogP contribution in [0.25, 0.3) is 0 Å². The topological polar surface area (TPSA) is 59.6 Å². The smallest absolute Gasteiger partial charge is 0.419 e. The Bertz CT molecular complexity index is 523. The summed E-state index contributed by atoms with van der Waals surface area (Å²) in [6.07, 6.45) is -4.20. The molecule has 2 rings (SSSR count). The first kappa shape index (κ1) is 20.5. The predicted octanol–water partition coefficient (Wildman–Crippen LogP) is 2.00. The van der Waals surface area contributed by atoms with Gasteiger partial charge in [-0.05, 0) is 12.1 Å². The van der Waals surface area contributed by atoms with Crippen LogP contribution in [0, 0.1) is 0 Å². The van der Waals surface area contributed by atoms with Crippen LogP contribution in [0.4, 0.5) is 13.2 Å². The van der Waals surface area contributed by atoms with Crippen LogP contribution in [0.2, 0.25) is 0 Å². The molecular formula is C15H20ClF3N2O3. The molecule has 9 heteroatoms. The van der Waals surface area contributed by atoms with E-state index in [1.54, 1.807) is 0 Å². The van der Waals surface area contributed by atoms with Gasteiger partial charge in [0.1, 0.15) is 12.4 Å². The van der Waals surface area contributed by atoms with Gasteiger partial charge in [-0.1, -0.05) is 12.1 Å². The summed E-state index contributed by atoms with van der Waals surface area (Å²) in [6.45, 7) is 1.91. The minimum absolute atomic E-state index is 0. The van der Waals surface area contributed by atoms with Gasteiger partial charge in [0, 0.05) is 19.0 Å². The lowest BCUT2D eigenvalue weighted by Crippen LogP contribution is -2.44. The van der Waals surface area contributed by atoms with Crippen LogP contribution >= 0.6 is 12.4 Å². The standard InChI is InChI=1S/C15H19F3N2O3.ClH/c16-15(17,18)12-3-1-2-4-13(12)23-8-6-20-14(21)9-11-10-22-7-5-19-11;/h1-4,11,19H,5-10H2,(H,20,21);1H.